The molecular weight excluding hydrogens is 301 g/mol. The van der Waals surface area contributed by atoms with Crippen molar-refractivity contribution in [2.75, 3.05) is 27.4 Å². The lowest BCUT2D eigenvalue weighted by Gasteiger charge is -2.39. The van der Waals surface area contributed by atoms with Crippen molar-refractivity contribution in [1.82, 2.24) is 4.90 Å². The molecule has 1 saturated heterocycles. The molecule has 6 heteroatoms. The summed E-state index contributed by atoms with van der Waals surface area (Å²) in [6.07, 6.45) is -0.855. The minimum absolute atomic E-state index is 0.108. The van der Waals surface area contributed by atoms with Crippen molar-refractivity contribution in [3.63, 3.8) is 0 Å². The summed E-state index contributed by atoms with van der Waals surface area (Å²) in [5.41, 5.74) is 1.04. The van der Waals surface area contributed by atoms with Gasteiger partial charge in [0.25, 0.3) is 0 Å². The Kier molecular flexibility index (Phi) is 5.66. The SMILES string of the molecule is CO[C@@H]1COC[C@@H](N(C)Cc2ccc(Cl)c(Cl)c2)[C@@H]1O. The zero-order valence-electron chi connectivity index (χ0n) is 11.6. The van der Waals surface area contributed by atoms with Gasteiger partial charge in [-0.2, -0.15) is 0 Å². The van der Waals surface area contributed by atoms with Crippen LogP contribution in [-0.4, -0.2) is 55.6 Å². The van der Waals surface area contributed by atoms with Gasteiger partial charge in [-0.3, -0.25) is 4.90 Å². The summed E-state index contributed by atoms with van der Waals surface area (Å²) >= 11 is 11.9. The van der Waals surface area contributed by atoms with E-state index >= 15 is 0 Å². The zero-order chi connectivity index (χ0) is 14.7. The Morgan fingerprint density at radius 2 is 2.10 bits per heavy atom. The van der Waals surface area contributed by atoms with Crippen LogP contribution in [0.5, 0.6) is 0 Å². The first-order valence-corrected chi connectivity index (χ1v) is 7.21. The van der Waals surface area contributed by atoms with Gasteiger partial charge < -0.3 is 14.6 Å². The molecule has 1 aliphatic rings. The van der Waals surface area contributed by atoms with Crippen molar-refractivity contribution in [3.05, 3.63) is 33.8 Å². The van der Waals surface area contributed by atoms with E-state index in [0.29, 0.717) is 29.8 Å². The molecule has 1 fully saturated rings. The quantitative estimate of drug-likeness (QED) is 0.923. The number of hydrogen-bond donors (Lipinski definition) is 1. The first-order valence-electron chi connectivity index (χ1n) is 6.45. The van der Waals surface area contributed by atoms with E-state index in [-0.39, 0.29) is 12.1 Å². The normalized spacial score (nSPS) is 27.0. The van der Waals surface area contributed by atoms with E-state index in [0.717, 1.165) is 5.56 Å². The lowest BCUT2D eigenvalue weighted by molar-refractivity contribution is -0.142. The van der Waals surface area contributed by atoms with Crippen LogP contribution in [0.4, 0.5) is 0 Å². The van der Waals surface area contributed by atoms with Crippen molar-refractivity contribution >= 4 is 23.2 Å². The maximum atomic E-state index is 10.3. The number of nitrogens with zero attached hydrogens (tertiary/aromatic N) is 1. The van der Waals surface area contributed by atoms with E-state index in [1.165, 1.54) is 0 Å². The van der Waals surface area contributed by atoms with Gasteiger partial charge in [-0.25, -0.2) is 0 Å². The van der Waals surface area contributed by atoms with Crippen LogP contribution in [0.1, 0.15) is 5.56 Å². The van der Waals surface area contributed by atoms with E-state index in [2.05, 4.69) is 0 Å². The second-order valence-electron chi connectivity index (χ2n) is 5.03. The zero-order valence-corrected chi connectivity index (χ0v) is 13.1. The summed E-state index contributed by atoms with van der Waals surface area (Å²) in [5, 5.41) is 11.4. The number of benzene rings is 1. The fourth-order valence-electron chi connectivity index (χ4n) is 2.39. The van der Waals surface area contributed by atoms with Crippen LogP contribution in [-0.2, 0) is 16.0 Å². The summed E-state index contributed by atoms with van der Waals surface area (Å²) in [6, 6.07) is 5.43. The van der Waals surface area contributed by atoms with E-state index in [4.69, 9.17) is 32.7 Å². The highest BCUT2D eigenvalue weighted by Gasteiger charge is 2.35. The molecule has 1 aromatic carbocycles. The van der Waals surface area contributed by atoms with E-state index in [1.807, 2.05) is 24.1 Å². The smallest absolute Gasteiger partial charge is 0.108 e. The number of rotatable bonds is 4. The molecule has 1 N–H and O–H groups in total. The molecule has 0 radical (unpaired) electrons. The van der Waals surface area contributed by atoms with Gasteiger partial charge in [0.05, 0.1) is 29.3 Å². The monoisotopic (exact) mass is 319 g/mol. The predicted octanol–water partition coefficient (Wildman–Crippen LogP) is 2.20. The van der Waals surface area contributed by atoms with Crippen LogP contribution in [0.2, 0.25) is 10.0 Å². The molecule has 0 saturated carbocycles. The maximum Gasteiger partial charge on any atom is 0.108 e. The van der Waals surface area contributed by atoms with Crippen molar-refractivity contribution in [2.24, 2.45) is 0 Å². The van der Waals surface area contributed by atoms with Crippen LogP contribution >= 0.6 is 23.2 Å². The van der Waals surface area contributed by atoms with Gasteiger partial charge in [0.2, 0.25) is 0 Å². The minimum atomic E-state index is -0.568. The van der Waals surface area contributed by atoms with Gasteiger partial charge in [0, 0.05) is 13.7 Å². The largest absolute Gasteiger partial charge is 0.389 e. The lowest BCUT2D eigenvalue weighted by atomic mass is 10.0. The topological polar surface area (TPSA) is 41.9 Å². The Labute approximate surface area is 129 Å². The molecule has 0 spiro atoms. The molecule has 2 rings (SSSR count). The molecule has 0 aliphatic carbocycles. The molecule has 0 aromatic heterocycles. The highest BCUT2D eigenvalue weighted by molar-refractivity contribution is 6.42. The van der Waals surface area contributed by atoms with Crippen molar-refractivity contribution in [3.8, 4) is 0 Å². The van der Waals surface area contributed by atoms with Gasteiger partial charge in [0.15, 0.2) is 0 Å². The molecule has 1 aliphatic heterocycles. The third kappa shape index (κ3) is 3.64. The Morgan fingerprint density at radius 1 is 1.35 bits per heavy atom. The lowest BCUT2D eigenvalue weighted by Crippen LogP contribution is -2.55. The first kappa shape index (κ1) is 16.0. The number of hydrogen-bond acceptors (Lipinski definition) is 4. The van der Waals surface area contributed by atoms with Crippen molar-refractivity contribution < 1.29 is 14.6 Å². The highest BCUT2D eigenvalue weighted by Crippen LogP contribution is 2.24. The number of likely N-dealkylation sites (N-methyl/N-ethyl adjacent to an activating group) is 1. The average Bonchev–Trinajstić information content (AvgIpc) is 2.43. The fourth-order valence-corrected chi connectivity index (χ4v) is 2.71. The van der Waals surface area contributed by atoms with Gasteiger partial charge in [0.1, 0.15) is 12.2 Å². The Bertz CT molecular complexity index is 458. The maximum absolute atomic E-state index is 10.3. The van der Waals surface area contributed by atoms with Crippen molar-refractivity contribution in [1.29, 1.82) is 0 Å². The third-order valence-corrected chi connectivity index (χ3v) is 4.37. The van der Waals surface area contributed by atoms with Gasteiger partial charge in [-0.05, 0) is 24.7 Å². The molecule has 1 aromatic rings. The molecule has 20 heavy (non-hydrogen) atoms. The van der Waals surface area contributed by atoms with E-state index in [1.54, 1.807) is 13.2 Å². The number of methoxy groups -OCH3 is 1. The van der Waals surface area contributed by atoms with E-state index < -0.39 is 6.10 Å². The Morgan fingerprint density at radius 3 is 2.75 bits per heavy atom. The second kappa shape index (κ2) is 7.07. The highest BCUT2D eigenvalue weighted by atomic mass is 35.5. The summed E-state index contributed by atoms with van der Waals surface area (Å²) in [5.74, 6) is 0. The van der Waals surface area contributed by atoms with Gasteiger partial charge >= 0.3 is 0 Å². The number of halogens is 2. The minimum Gasteiger partial charge on any atom is -0.389 e. The Balaban J connectivity index is 2.03. The molecule has 0 amide bonds. The van der Waals surface area contributed by atoms with Crippen molar-refractivity contribution in [2.45, 2.75) is 24.8 Å². The molecule has 0 bridgehead atoms. The van der Waals surface area contributed by atoms with Crippen LogP contribution in [0.25, 0.3) is 0 Å². The van der Waals surface area contributed by atoms with Crippen LogP contribution in [0, 0.1) is 0 Å². The standard InChI is InChI=1S/C14H19Cl2NO3/c1-17(6-9-3-4-10(15)11(16)5-9)12-7-20-8-13(19-2)14(12)18/h3-5,12-14,18H,6-8H2,1-2H3/t12-,13-,14+/m1/s1. The van der Waals surface area contributed by atoms with Gasteiger partial charge in [-0.1, -0.05) is 29.3 Å². The van der Waals surface area contributed by atoms with Gasteiger partial charge in [-0.15, -0.1) is 0 Å². The molecule has 1 heterocycles. The molecule has 0 unspecified atom stereocenters. The third-order valence-electron chi connectivity index (χ3n) is 3.63. The second-order valence-corrected chi connectivity index (χ2v) is 5.85. The fraction of sp³-hybridized carbons (Fsp3) is 0.571. The molecule has 3 atom stereocenters. The molecule has 4 nitrogen and oxygen atoms in total. The van der Waals surface area contributed by atoms with Crippen LogP contribution in [0.15, 0.2) is 18.2 Å². The Hall–Kier alpha value is -0.360. The molecular formula is C14H19Cl2NO3. The number of aliphatic hydroxyl groups is 1. The van der Waals surface area contributed by atoms with Crippen LogP contribution in [0.3, 0.4) is 0 Å². The summed E-state index contributed by atoms with van der Waals surface area (Å²) in [4.78, 5) is 2.04. The summed E-state index contributed by atoms with van der Waals surface area (Å²) in [7, 11) is 3.52. The van der Waals surface area contributed by atoms with E-state index in [9.17, 15) is 5.11 Å². The average molecular weight is 320 g/mol. The molecule has 112 valence electrons. The number of aliphatic hydroxyl groups excluding tert-OH is 1. The number of ether oxygens (including phenoxy) is 2. The predicted molar refractivity (Wildman–Crippen MR) is 79.3 cm³/mol. The summed E-state index contributed by atoms with van der Waals surface area (Å²) in [6.45, 7) is 1.56. The summed E-state index contributed by atoms with van der Waals surface area (Å²) < 4.78 is 10.7. The first-order chi connectivity index (χ1) is 9.52. The van der Waals surface area contributed by atoms with Crippen LogP contribution < -0.4 is 0 Å².